The van der Waals surface area contributed by atoms with E-state index in [0.717, 1.165) is 28.6 Å². The molecule has 4 nitrogen and oxygen atoms in total. The molecule has 1 aliphatic heterocycles. The Morgan fingerprint density at radius 1 is 1.45 bits per heavy atom. The van der Waals surface area contributed by atoms with Crippen molar-refractivity contribution in [3.63, 3.8) is 0 Å². The number of thiazole rings is 1. The lowest BCUT2D eigenvalue weighted by Gasteiger charge is -2.18. The van der Waals surface area contributed by atoms with E-state index in [0.29, 0.717) is 12.3 Å². The number of ketones is 1. The predicted molar refractivity (Wildman–Crippen MR) is 91.7 cm³/mol. The maximum atomic E-state index is 12.2. The van der Waals surface area contributed by atoms with Gasteiger partial charge in [0.15, 0.2) is 5.78 Å². The van der Waals surface area contributed by atoms with Gasteiger partial charge in [0.25, 0.3) is 0 Å². The molecule has 0 aromatic carbocycles. The molecule has 0 radical (unpaired) electrons. The Morgan fingerprint density at radius 2 is 2.18 bits per heavy atom. The number of thioether (sulfide) groups is 1. The minimum absolute atomic E-state index is 0.0413. The van der Waals surface area contributed by atoms with E-state index in [4.69, 9.17) is 0 Å². The summed E-state index contributed by atoms with van der Waals surface area (Å²) in [6.45, 7) is 8.23. The van der Waals surface area contributed by atoms with Crippen molar-refractivity contribution in [2.75, 3.05) is 5.75 Å². The lowest BCUT2D eigenvalue weighted by Crippen LogP contribution is -2.26. The zero-order chi connectivity index (χ0) is 16.3. The van der Waals surface area contributed by atoms with Crippen LogP contribution in [0.4, 0.5) is 0 Å². The molecule has 0 saturated carbocycles. The summed E-state index contributed by atoms with van der Waals surface area (Å²) in [4.78, 5) is 30.5. The van der Waals surface area contributed by atoms with Gasteiger partial charge < -0.3 is 0 Å². The van der Waals surface area contributed by atoms with Crippen LogP contribution < -0.4 is 0 Å². The van der Waals surface area contributed by atoms with Gasteiger partial charge in [0.05, 0.1) is 28.0 Å². The minimum Gasteiger partial charge on any atom is -0.300 e. The first-order valence-corrected chi connectivity index (χ1v) is 9.30. The molecule has 0 spiro atoms. The van der Waals surface area contributed by atoms with Crippen LogP contribution in [0.2, 0.25) is 0 Å². The first-order valence-electron chi connectivity index (χ1n) is 7.44. The maximum Gasteiger partial charge on any atom is 0.238 e. The monoisotopic (exact) mass is 338 g/mol. The van der Waals surface area contributed by atoms with Crippen LogP contribution in [0.25, 0.3) is 0 Å². The quantitative estimate of drug-likeness (QED) is 0.769. The van der Waals surface area contributed by atoms with Gasteiger partial charge in [-0.2, -0.15) is 0 Å². The molecule has 1 amide bonds. The summed E-state index contributed by atoms with van der Waals surface area (Å²) in [6.07, 6.45) is 3.64. The number of amides is 1. The van der Waals surface area contributed by atoms with E-state index in [1.165, 1.54) is 11.8 Å². The van der Waals surface area contributed by atoms with Crippen LogP contribution in [0.3, 0.4) is 0 Å². The van der Waals surface area contributed by atoms with E-state index in [1.54, 1.807) is 22.3 Å². The van der Waals surface area contributed by atoms with Gasteiger partial charge in [-0.25, -0.2) is 4.98 Å². The number of nitrogens with zero attached hydrogens (tertiary/aromatic N) is 2. The molecule has 1 fully saturated rings. The Bertz CT molecular complexity index is 600. The fourth-order valence-corrected chi connectivity index (χ4v) is 3.77. The van der Waals surface area contributed by atoms with Crippen molar-refractivity contribution in [2.24, 2.45) is 5.41 Å². The van der Waals surface area contributed by atoms with Crippen LogP contribution in [-0.4, -0.2) is 27.3 Å². The van der Waals surface area contributed by atoms with Crippen LogP contribution >= 0.6 is 23.1 Å². The lowest BCUT2D eigenvalue weighted by atomic mass is 9.91. The van der Waals surface area contributed by atoms with Crippen LogP contribution in [0.1, 0.15) is 44.8 Å². The molecule has 0 aliphatic carbocycles. The number of carbonyl (C=O) groups excluding carboxylic acids is 2. The minimum atomic E-state index is -0.431. The summed E-state index contributed by atoms with van der Waals surface area (Å²) < 4.78 is 0. The first kappa shape index (κ1) is 17.2. The zero-order valence-corrected chi connectivity index (χ0v) is 15.1. The van der Waals surface area contributed by atoms with E-state index < -0.39 is 5.41 Å². The molecule has 0 atom stereocenters. The summed E-state index contributed by atoms with van der Waals surface area (Å²) in [7, 11) is 0. The molecular formula is C16H22N2O2S2. The van der Waals surface area contributed by atoms with Gasteiger partial charge in [-0.1, -0.05) is 39.5 Å². The van der Waals surface area contributed by atoms with Gasteiger partial charge in [-0.15, -0.1) is 11.3 Å². The van der Waals surface area contributed by atoms with Crippen molar-refractivity contribution >= 4 is 34.8 Å². The Hall–Kier alpha value is -1.14. The highest BCUT2D eigenvalue weighted by Gasteiger charge is 2.29. The van der Waals surface area contributed by atoms with Gasteiger partial charge in [0.1, 0.15) is 0 Å². The molecule has 120 valence electrons. The molecule has 6 heteroatoms. The molecule has 0 N–H and O–H groups in total. The molecule has 1 aromatic heterocycles. The van der Waals surface area contributed by atoms with Crippen molar-refractivity contribution in [1.29, 1.82) is 0 Å². The number of carbonyl (C=O) groups is 2. The molecule has 22 heavy (non-hydrogen) atoms. The van der Waals surface area contributed by atoms with Crippen molar-refractivity contribution in [2.45, 2.75) is 47.1 Å². The van der Waals surface area contributed by atoms with Crippen molar-refractivity contribution < 1.29 is 9.59 Å². The smallest absolute Gasteiger partial charge is 0.238 e. The van der Waals surface area contributed by atoms with E-state index in [1.807, 2.05) is 26.2 Å². The highest BCUT2D eigenvalue weighted by atomic mass is 32.2. The maximum absolute atomic E-state index is 12.2. The lowest BCUT2D eigenvalue weighted by molar-refractivity contribution is -0.125. The molecule has 1 aliphatic rings. The van der Waals surface area contributed by atoms with Crippen LogP contribution in [0.5, 0.6) is 0 Å². The van der Waals surface area contributed by atoms with Gasteiger partial charge in [0.2, 0.25) is 5.91 Å². The van der Waals surface area contributed by atoms with E-state index in [9.17, 15) is 9.59 Å². The fraction of sp³-hybridized carbons (Fsp3) is 0.562. The SMILES string of the molecule is CCCc1nc(CN2C(=O)CS/C2=C/C(=O)C(C)(C)C)cs1. The third-order valence-corrected chi connectivity index (χ3v) is 5.27. The van der Waals surface area contributed by atoms with Gasteiger partial charge in [-0.3, -0.25) is 14.5 Å². The standard InChI is InChI=1S/C16H22N2O2S2/c1-5-6-13-17-11(9-21-13)8-18-14(20)10-22-15(18)7-12(19)16(2,3)4/h7,9H,5-6,8,10H2,1-4H3/b15-7+. The topological polar surface area (TPSA) is 50.3 Å². The highest BCUT2D eigenvalue weighted by Crippen LogP contribution is 2.32. The molecule has 0 bridgehead atoms. The third-order valence-electron chi connectivity index (χ3n) is 3.29. The summed E-state index contributed by atoms with van der Waals surface area (Å²) >= 11 is 3.07. The second-order valence-corrected chi connectivity index (χ2v) is 8.29. The van der Waals surface area contributed by atoms with Crippen LogP contribution in [0.15, 0.2) is 16.5 Å². The average Bonchev–Trinajstić information content (AvgIpc) is 3.00. The van der Waals surface area contributed by atoms with E-state index in [2.05, 4.69) is 11.9 Å². The van der Waals surface area contributed by atoms with Crippen molar-refractivity contribution in [1.82, 2.24) is 9.88 Å². The Morgan fingerprint density at radius 3 is 2.82 bits per heavy atom. The highest BCUT2D eigenvalue weighted by molar-refractivity contribution is 8.04. The molecule has 2 heterocycles. The summed E-state index contributed by atoms with van der Waals surface area (Å²) in [5.41, 5.74) is 0.471. The molecular weight excluding hydrogens is 316 g/mol. The van der Waals surface area contributed by atoms with Crippen molar-refractivity contribution in [3.05, 3.63) is 27.2 Å². The predicted octanol–water partition coefficient (Wildman–Crippen LogP) is 3.63. The summed E-state index contributed by atoms with van der Waals surface area (Å²) in [5, 5.41) is 3.85. The Labute approximate surface area is 140 Å². The van der Waals surface area contributed by atoms with Crippen LogP contribution in [-0.2, 0) is 22.6 Å². The summed E-state index contributed by atoms with van der Waals surface area (Å²) in [6, 6.07) is 0. The summed E-state index contributed by atoms with van der Waals surface area (Å²) in [5.74, 6) is 0.484. The fourth-order valence-electron chi connectivity index (χ4n) is 1.94. The number of aryl methyl sites for hydroxylation is 1. The first-order chi connectivity index (χ1) is 10.3. The Balaban J connectivity index is 2.14. The molecule has 1 aromatic rings. The third kappa shape index (κ3) is 4.20. The van der Waals surface area contributed by atoms with Gasteiger partial charge in [0, 0.05) is 16.9 Å². The van der Waals surface area contributed by atoms with Crippen molar-refractivity contribution in [3.8, 4) is 0 Å². The molecule has 1 saturated heterocycles. The zero-order valence-electron chi connectivity index (χ0n) is 13.5. The molecule has 0 unspecified atom stereocenters. The number of aromatic nitrogens is 1. The molecule has 2 rings (SSSR count). The number of hydrogen-bond acceptors (Lipinski definition) is 5. The Kier molecular flexibility index (Phi) is 5.45. The number of hydrogen-bond donors (Lipinski definition) is 0. The van der Waals surface area contributed by atoms with E-state index in [-0.39, 0.29) is 11.7 Å². The second kappa shape index (κ2) is 6.96. The van der Waals surface area contributed by atoms with E-state index >= 15 is 0 Å². The average molecular weight is 338 g/mol. The normalized spacial score (nSPS) is 17.5. The van der Waals surface area contributed by atoms with Gasteiger partial charge >= 0.3 is 0 Å². The number of rotatable bonds is 5. The van der Waals surface area contributed by atoms with Gasteiger partial charge in [-0.05, 0) is 12.8 Å². The largest absolute Gasteiger partial charge is 0.300 e. The van der Waals surface area contributed by atoms with Crippen LogP contribution in [0, 0.1) is 5.41 Å². The number of allylic oxidation sites excluding steroid dienone is 1. The second-order valence-electron chi connectivity index (χ2n) is 6.35.